The SMILES string of the molecule is CCCNC(=O)[C@H](CC)N(Cc1ccccc1)C(=O)COc1ccc(OC)cc1. The minimum atomic E-state index is -0.547. The number of methoxy groups -OCH3 is 1. The second-order valence-electron chi connectivity index (χ2n) is 6.69. The maximum absolute atomic E-state index is 13.0. The molecule has 2 aromatic carbocycles. The fraction of sp³-hybridized carbons (Fsp3) is 0.391. The molecule has 0 fully saturated rings. The summed E-state index contributed by atoms with van der Waals surface area (Å²) in [5.74, 6) is 0.918. The zero-order chi connectivity index (χ0) is 21.1. The Morgan fingerprint density at radius 2 is 1.66 bits per heavy atom. The second-order valence-corrected chi connectivity index (χ2v) is 6.69. The summed E-state index contributed by atoms with van der Waals surface area (Å²) in [7, 11) is 1.59. The van der Waals surface area contributed by atoms with Gasteiger partial charge in [0.1, 0.15) is 17.5 Å². The summed E-state index contributed by atoms with van der Waals surface area (Å²) < 4.78 is 10.8. The lowest BCUT2D eigenvalue weighted by atomic mass is 10.1. The third kappa shape index (κ3) is 6.82. The highest BCUT2D eigenvalue weighted by Gasteiger charge is 2.28. The molecule has 156 valence electrons. The standard InChI is InChI=1S/C23H30N2O4/c1-4-15-24-23(27)21(5-2)25(16-18-9-7-6-8-10-18)22(26)17-29-20-13-11-19(28-3)12-14-20/h6-14,21H,4-5,15-17H2,1-3H3,(H,24,27)/t21-/m0/s1. The van der Waals surface area contributed by atoms with Gasteiger partial charge in [-0.05, 0) is 42.7 Å². The number of hydrogen-bond donors (Lipinski definition) is 1. The highest BCUT2D eigenvalue weighted by atomic mass is 16.5. The van der Waals surface area contributed by atoms with Gasteiger partial charge in [0.05, 0.1) is 7.11 Å². The van der Waals surface area contributed by atoms with Crippen molar-refractivity contribution in [1.29, 1.82) is 0 Å². The van der Waals surface area contributed by atoms with Crippen LogP contribution in [-0.2, 0) is 16.1 Å². The molecule has 6 nitrogen and oxygen atoms in total. The predicted molar refractivity (Wildman–Crippen MR) is 113 cm³/mol. The molecular weight excluding hydrogens is 368 g/mol. The minimum Gasteiger partial charge on any atom is -0.497 e. The van der Waals surface area contributed by atoms with Gasteiger partial charge < -0.3 is 19.7 Å². The van der Waals surface area contributed by atoms with Gasteiger partial charge in [-0.15, -0.1) is 0 Å². The normalized spacial score (nSPS) is 11.4. The lowest BCUT2D eigenvalue weighted by Crippen LogP contribution is -2.50. The van der Waals surface area contributed by atoms with Crippen LogP contribution in [0.3, 0.4) is 0 Å². The average molecular weight is 399 g/mol. The molecule has 0 unspecified atom stereocenters. The van der Waals surface area contributed by atoms with Gasteiger partial charge in [0.2, 0.25) is 5.91 Å². The quantitative estimate of drug-likeness (QED) is 0.630. The first-order chi connectivity index (χ1) is 14.1. The molecule has 29 heavy (non-hydrogen) atoms. The molecule has 0 bridgehead atoms. The van der Waals surface area contributed by atoms with Crippen molar-refractivity contribution in [2.45, 2.75) is 39.3 Å². The summed E-state index contributed by atoms with van der Waals surface area (Å²) in [5.41, 5.74) is 0.965. The fourth-order valence-corrected chi connectivity index (χ4v) is 2.97. The van der Waals surface area contributed by atoms with Crippen LogP contribution in [0.25, 0.3) is 0 Å². The van der Waals surface area contributed by atoms with Gasteiger partial charge in [-0.2, -0.15) is 0 Å². The molecule has 0 aliphatic heterocycles. The molecule has 1 N–H and O–H groups in total. The van der Waals surface area contributed by atoms with E-state index in [1.54, 1.807) is 36.3 Å². The van der Waals surface area contributed by atoms with Gasteiger partial charge >= 0.3 is 0 Å². The van der Waals surface area contributed by atoms with Gasteiger partial charge in [-0.3, -0.25) is 9.59 Å². The van der Waals surface area contributed by atoms with Crippen molar-refractivity contribution < 1.29 is 19.1 Å². The van der Waals surface area contributed by atoms with Gasteiger partial charge in [-0.25, -0.2) is 0 Å². The van der Waals surface area contributed by atoms with Gasteiger partial charge in [0.25, 0.3) is 5.91 Å². The molecule has 1 atom stereocenters. The van der Waals surface area contributed by atoms with Crippen LogP contribution in [0.5, 0.6) is 11.5 Å². The summed E-state index contributed by atoms with van der Waals surface area (Å²) in [4.78, 5) is 27.3. The molecule has 0 radical (unpaired) electrons. The van der Waals surface area contributed by atoms with Crippen LogP contribution in [0.2, 0.25) is 0 Å². The number of nitrogens with zero attached hydrogens (tertiary/aromatic N) is 1. The van der Waals surface area contributed by atoms with Crippen LogP contribution in [-0.4, -0.2) is 43.0 Å². The highest BCUT2D eigenvalue weighted by Crippen LogP contribution is 2.18. The topological polar surface area (TPSA) is 67.9 Å². The molecule has 0 heterocycles. The number of carbonyl (C=O) groups is 2. The molecule has 2 aromatic rings. The number of nitrogens with one attached hydrogen (secondary N) is 1. The molecule has 6 heteroatoms. The van der Waals surface area contributed by atoms with Crippen LogP contribution in [0, 0.1) is 0 Å². The molecule has 0 aliphatic rings. The maximum atomic E-state index is 13.0. The summed E-state index contributed by atoms with van der Waals surface area (Å²) in [5, 5.41) is 2.90. The van der Waals surface area contributed by atoms with E-state index >= 15 is 0 Å². The van der Waals surface area contributed by atoms with E-state index in [0.29, 0.717) is 31.0 Å². The third-order valence-electron chi connectivity index (χ3n) is 4.55. The second kappa shape index (κ2) is 11.7. The van der Waals surface area contributed by atoms with Crippen molar-refractivity contribution in [1.82, 2.24) is 10.2 Å². The zero-order valence-electron chi connectivity index (χ0n) is 17.4. The number of ether oxygens (including phenoxy) is 2. The van der Waals surface area contributed by atoms with Crippen LogP contribution in [0.4, 0.5) is 0 Å². The lowest BCUT2D eigenvalue weighted by Gasteiger charge is -2.30. The summed E-state index contributed by atoms with van der Waals surface area (Å²) in [6.45, 7) is 4.70. The highest BCUT2D eigenvalue weighted by molar-refractivity contribution is 5.88. The smallest absolute Gasteiger partial charge is 0.261 e. The van der Waals surface area contributed by atoms with Crippen LogP contribution in [0.15, 0.2) is 54.6 Å². The van der Waals surface area contributed by atoms with E-state index in [4.69, 9.17) is 9.47 Å². The van der Waals surface area contributed by atoms with Gasteiger partial charge in [0, 0.05) is 13.1 Å². The summed E-state index contributed by atoms with van der Waals surface area (Å²) in [6.07, 6.45) is 1.37. The van der Waals surface area contributed by atoms with Crippen molar-refractivity contribution in [3.8, 4) is 11.5 Å². The van der Waals surface area contributed by atoms with Gasteiger partial charge in [0.15, 0.2) is 6.61 Å². The van der Waals surface area contributed by atoms with Crippen LogP contribution >= 0.6 is 0 Å². The monoisotopic (exact) mass is 398 g/mol. The van der Waals surface area contributed by atoms with E-state index in [-0.39, 0.29) is 18.4 Å². The number of amides is 2. The molecule has 0 spiro atoms. The largest absolute Gasteiger partial charge is 0.497 e. The van der Waals surface area contributed by atoms with Crippen LogP contribution in [0.1, 0.15) is 32.3 Å². The Kier molecular flexibility index (Phi) is 9.02. The zero-order valence-corrected chi connectivity index (χ0v) is 17.4. The first-order valence-electron chi connectivity index (χ1n) is 9.97. The Morgan fingerprint density at radius 3 is 2.24 bits per heavy atom. The molecule has 0 aromatic heterocycles. The summed E-state index contributed by atoms with van der Waals surface area (Å²) in [6, 6.07) is 16.2. The number of benzene rings is 2. The molecule has 0 aliphatic carbocycles. The Morgan fingerprint density at radius 1 is 1.00 bits per heavy atom. The Labute approximate surface area is 172 Å². The van der Waals surface area contributed by atoms with Crippen molar-refractivity contribution in [2.75, 3.05) is 20.3 Å². The lowest BCUT2D eigenvalue weighted by molar-refractivity contribution is -0.143. The van der Waals surface area contributed by atoms with Crippen molar-refractivity contribution in [3.05, 3.63) is 60.2 Å². The van der Waals surface area contributed by atoms with Crippen molar-refractivity contribution in [3.63, 3.8) is 0 Å². The third-order valence-corrected chi connectivity index (χ3v) is 4.55. The Hall–Kier alpha value is -3.02. The van der Waals surface area contributed by atoms with Crippen molar-refractivity contribution >= 4 is 11.8 Å². The van der Waals surface area contributed by atoms with Crippen LogP contribution < -0.4 is 14.8 Å². The summed E-state index contributed by atoms with van der Waals surface area (Å²) >= 11 is 0. The number of hydrogen-bond acceptors (Lipinski definition) is 4. The van der Waals surface area contributed by atoms with E-state index in [2.05, 4.69) is 5.32 Å². The fourth-order valence-electron chi connectivity index (χ4n) is 2.97. The number of carbonyl (C=O) groups excluding carboxylic acids is 2. The minimum absolute atomic E-state index is 0.136. The molecule has 2 amide bonds. The molecule has 2 rings (SSSR count). The first-order valence-corrected chi connectivity index (χ1v) is 9.97. The Balaban J connectivity index is 2.13. The average Bonchev–Trinajstić information content (AvgIpc) is 2.76. The van der Waals surface area contributed by atoms with E-state index in [0.717, 1.165) is 12.0 Å². The van der Waals surface area contributed by atoms with E-state index in [1.165, 1.54) is 0 Å². The molecule has 0 saturated carbocycles. The van der Waals surface area contributed by atoms with E-state index < -0.39 is 6.04 Å². The molecular formula is C23H30N2O4. The maximum Gasteiger partial charge on any atom is 0.261 e. The van der Waals surface area contributed by atoms with Crippen molar-refractivity contribution in [2.24, 2.45) is 0 Å². The Bertz CT molecular complexity index is 762. The van der Waals surface area contributed by atoms with E-state index in [9.17, 15) is 9.59 Å². The predicted octanol–water partition coefficient (Wildman–Crippen LogP) is 3.41. The first kappa shape index (κ1) is 22.3. The van der Waals surface area contributed by atoms with E-state index in [1.807, 2.05) is 44.2 Å². The van der Waals surface area contributed by atoms with Gasteiger partial charge in [-0.1, -0.05) is 44.2 Å². The molecule has 0 saturated heterocycles. The number of rotatable bonds is 11.